The maximum absolute atomic E-state index is 13.2. The number of ether oxygens (including phenoxy) is 1. The number of carboxylic acid groups (broad SMARTS) is 1. The third kappa shape index (κ3) is 3.12. The van der Waals surface area contributed by atoms with Gasteiger partial charge in [0.05, 0.1) is 11.6 Å². The fourth-order valence-corrected chi connectivity index (χ4v) is 1.73. The first-order valence-corrected chi connectivity index (χ1v) is 5.75. The Kier molecular flexibility index (Phi) is 3.96. The Morgan fingerprint density at radius 1 is 1.30 bits per heavy atom. The zero-order valence-corrected chi connectivity index (χ0v) is 10.3. The summed E-state index contributed by atoms with van der Waals surface area (Å²) in [5.74, 6) is -1.44. The lowest BCUT2D eigenvalue weighted by molar-refractivity contribution is 0.0691. The highest BCUT2D eigenvalue weighted by Crippen LogP contribution is 2.19. The number of aromatic carboxylic acids is 1. The van der Waals surface area contributed by atoms with Gasteiger partial charge in [-0.15, -0.1) is 0 Å². The molecule has 2 rings (SSSR count). The maximum atomic E-state index is 13.2. The van der Waals surface area contributed by atoms with E-state index in [0.29, 0.717) is 5.56 Å². The first-order valence-electron chi connectivity index (χ1n) is 5.75. The largest absolute Gasteiger partial charge is 0.488 e. The van der Waals surface area contributed by atoms with Gasteiger partial charge >= 0.3 is 5.97 Å². The van der Waals surface area contributed by atoms with Crippen molar-refractivity contribution in [2.24, 2.45) is 0 Å². The summed E-state index contributed by atoms with van der Waals surface area (Å²) in [6.45, 7) is -0.0171. The van der Waals surface area contributed by atoms with Crippen molar-refractivity contribution in [2.45, 2.75) is 6.61 Å². The van der Waals surface area contributed by atoms with E-state index in [1.807, 2.05) is 6.07 Å². The summed E-state index contributed by atoms with van der Waals surface area (Å²) in [6.07, 6.45) is 0. The quantitative estimate of drug-likeness (QED) is 0.928. The molecule has 0 atom stereocenters. The van der Waals surface area contributed by atoms with E-state index in [1.54, 1.807) is 12.1 Å². The van der Waals surface area contributed by atoms with Crippen molar-refractivity contribution in [3.63, 3.8) is 0 Å². The molecule has 0 aromatic heterocycles. The molecule has 0 aliphatic rings. The van der Waals surface area contributed by atoms with Gasteiger partial charge < -0.3 is 9.84 Å². The summed E-state index contributed by atoms with van der Waals surface area (Å²) in [4.78, 5) is 11.0. The van der Waals surface area contributed by atoms with Crippen LogP contribution in [0.5, 0.6) is 5.75 Å². The molecule has 5 heteroatoms. The lowest BCUT2D eigenvalue weighted by atomic mass is 10.1. The number of hydrogen-bond donors (Lipinski definition) is 1. The van der Waals surface area contributed by atoms with Gasteiger partial charge in [0.25, 0.3) is 0 Å². The molecule has 1 N–H and O–H groups in total. The third-order valence-corrected chi connectivity index (χ3v) is 2.60. The van der Waals surface area contributed by atoms with Crippen LogP contribution in [0.15, 0.2) is 42.5 Å². The molecule has 0 unspecified atom stereocenters. The van der Waals surface area contributed by atoms with Gasteiger partial charge in [0.15, 0.2) is 0 Å². The molecule has 2 aromatic rings. The summed E-state index contributed by atoms with van der Waals surface area (Å²) >= 11 is 0. The zero-order chi connectivity index (χ0) is 14.5. The molecule has 0 heterocycles. The topological polar surface area (TPSA) is 70.3 Å². The van der Waals surface area contributed by atoms with Crippen LogP contribution >= 0.6 is 0 Å². The van der Waals surface area contributed by atoms with Gasteiger partial charge in [-0.05, 0) is 35.9 Å². The van der Waals surface area contributed by atoms with Gasteiger partial charge in [0.1, 0.15) is 23.7 Å². The van der Waals surface area contributed by atoms with E-state index in [-0.39, 0.29) is 23.5 Å². The monoisotopic (exact) mass is 271 g/mol. The lowest BCUT2D eigenvalue weighted by Gasteiger charge is -2.09. The fraction of sp³-hybridized carbons (Fsp3) is 0.0667. The summed E-state index contributed by atoms with van der Waals surface area (Å²) in [5.41, 5.74) is 0.682. The Morgan fingerprint density at radius 2 is 2.05 bits per heavy atom. The average molecular weight is 271 g/mol. The highest BCUT2D eigenvalue weighted by Gasteiger charge is 2.10. The first kappa shape index (κ1) is 13.6. The predicted molar refractivity (Wildman–Crippen MR) is 68.8 cm³/mol. The second-order valence-electron chi connectivity index (χ2n) is 4.05. The second kappa shape index (κ2) is 5.85. The molecular weight excluding hydrogens is 261 g/mol. The normalized spacial score (nSPS) is 9.80. The van der Waals surface area contributed by atoms with Crippen LogP contribution < -0.4 is 4.74 Å². The predicted octanol–water partition coefficient (Wildman–Crippen LogP) is 2.97. The van der Waals surface area contributed by atoms with Crippen LogP contribution in [0.2, 0.25) is 0 Å². The summed E-state index contributed by atoms with van der Waals surface area (Å²) in [7, 11) is 0. The van der Waals surface area contributed by atoms with E-state index in [1.165, 1.54) is 24.3 Å². The van der Waals surface area contributed by atoms with Crippen molar-refractivity contribution in [2.75, 3.05) is 0 Å². The number of nitrogens with zero attached hydrogens (tertiary/aromatic N) is 1. The summed E-state index contributed by atoms with van der Waals surface area (Å²) in [5, 5.41) is 17.8. The van der Waals surface area contributed by atoms with Gasteiger partial charge in [-0.1, -0.05) is 12.1 Å². The molecular formula is C15H10FNO3. The van der Waals surface area contributed by atoms with Crippen LogP contribution in [0.4, 0.5) is 4.39 Å². The molecule has 0 saturated carbocycles. The molecule has 0 fully saturated rings. The minimum atomic E-state index is -1.10. The maximum Gasteiger partial charge on any atom is 0.339 e. The minimum Gasteiger partial charge on any atom is -0.488 e. The lowest BCUT2D eigenvalue weighted by Crippen LogP contribution is -2.03. The number of para-hydroxylation sites is 1. The van der Waals surface area contributed by atoms with Crippen molar-refractivity contribution >= 4 is 5.97 Å². The average Bonchev–Trinajstić information content (AvgIpc) is 2.44. The Morgan fingerprint density at radius 3 is 2.75 bits per heavy atom. The van der Waals surface area contributed by atoms with E-state index in [9.17, 15) is 9.18 Å². The van der Waals surface area contributed by atoms with Gasteiger partial charge in [-0.2, -0.15) is 5.26 Å². The number of nitriles is 1. The fourth-order valence-electron chi connectivity index (χ4n) is 1.73. The molecule has 0 saturated heterocycles. The first-order chi connectivity index (χ1) is 9.60. The van der Waals surface area contributed by atoms with Gasteiger partial charge in [0.2, 0.25) is 0 Å². The van der Waals surface area contributed by atoms with E-state index in [0.717, 1.165) is 6.07 Å². The molecule has 0 aliphatic heterocycles. The van der Waals surface area contributed by atoms with Crippen LogP contribution in [0.25, 0.3) is 0 Å². The summed E-state index contributed by atoms with van der Waals surface area (Å²) in [6, 6.07) is 11.9. The van der Waals surface area contributed by atoms with Gasteiger partial charge in [-0.25, -0.2) is 9.18 Å². The zero-order valence-electron chi connectivity index (χ0n) is 10.3. The van der Waals surface area contributed by atoms with Crippen LogP contribution in [-0.2, 0) is 6.61 Å². The number of carbonyl (C=O) groups is 1. The second-order valence-corrected chi connectivity index (χ2v) is 4.05. The Hall–Kier alpha value is -2.87. The van der Waals surface area contributed by atoms with E-state index in [2.05, 4.69) is 0 Å². The van der Waals surface area contributed by atoms with E-state index >= 15 is 0 Å². The van der Waals surface area contributed by atoms with Crippen molar-refractivity contribution in [1.29, 1.82) is 5.26 Å². The molecule has 0 bridgehead atoms. The van der Waals surface area contributed by atoms with Crippen LogP contribution in [-0.4, -0.2) is 11.1 Å². The molecule has 20 heavy (non-hydrogen) atoms. The van der Waals surface area contributed by atoms with Gasteiger partial charge in [-0.3, -0.25) is 0 Å². The number of benzene rings is 2. The van der Waals surface area contributed by atoms with Crippen molar-refractivity contribution < 1.29 is 19.0 Å². The van der Waals surface area contributed by atoms with Crippen LogP contribution in [0, 0.1) is 17.1 Å². The molecule has 0 aliphatic carbocycles. The Labute approximate surface area is 114 Å². The minimum absolute atomic E-state index is 0.0171. The SMILES string of the molecule is N#Cc1cc(F)cc(COc2ccccc2C(=O)O)c1. The van der Waals surface area contributed by atoms with E-state index < -0.39 is 11.8 Å². The van der Waals surface area contributed by atoms with E-state index in [4.69, 9.17) is 15.1 Å². The Balaban J connectivity index is 2.19. The van der Waals surface area contributed by atoms with Crippen molar-refractivity contribution in [3.05, 3.63) is 65.0 Å². The van der Waals surface area contributed by atoms with Crippen LogP contribution in [0.3, 0.4) is 0 Å². The highest BCUT2D eigenvalue weighted by atomic mass is 19.1. The molecule has 4 nitrogen and oxygen atoms in total. The molecule has 0 amide bonds. The molecule has 2 aromatic carbocycles. The molecule has 0 radical (unpaired) electrons. The number of halogens is 1. The number of hydrogen-bond acceptors (Lipinski definition) is 3. The number of rotatable bonds is 4. The standard InChI is InChI=1S/C15H10FNO3/c16-12-6-10(8-17)5-11(7-12)9-20-14-4-2-1-3-13(14)15(18)19/h1-7H,9H2,(H,18,19). The smallest absolute Gasteiger partial charge is 0.339 e. The summed E-state index contributed by atoms with van der Waals surface area (Å²) < 4.78 is 18.6. The Bertz CT molecular complexity index is 692. The number of carboxylic acids is 1. The van der Waals surface area contributed by atoms with Crippen LogP contribution in [0.1, 0.15) is 21.5 Å². The molecule has 100 valence electrons. The molecule has 0 spiro atoms. The van der Waals surface area contributed by atoms with Gasteiger partial charge in [0, 0.05) is 0 Å². The van der Waals surface area contributed by atoms with Crippen molar-refractivity contribution in [3.8, 4) is 11.8 Å². The van der Waals surface area contributed by atoms with Crippen molar-refractivity contribution in [1.82, 2.24) is 0 Å². The third-order valence-electron chi connectivity index (χ3n) is 2.60. The highest BCUT2D eigenvalue weighted by molar-refractivity contribution is 5.90.